The molecule has 3 rings (SSSR count). The lowest BCUT2D eigenvalue weighted by molar-refractivity contribution is -0.127. The molecule has 1 heterocycles. The summed E-state index contributed by atoms with van der Waals surface area (Å²) in [6.45, 7) is 5.43. The van der Waals surface area contributed by atoms with E-state index in [1.54, 1.807) is 12.0 Å². The van der Waals surface area contributed by atoms with Crippen molar-refractivity contribution >= 4 is 17.7 Å². The molecule has 1 aromatic heterocycles. The minimum absolute atomic E-state index is 0.0499. The van der Waals surface area contributed by atoms with Crippen molar-refractivity contribution in [1.29, 1.82) is 0 Å². The number of thioether (sulfide) groups is 1. The third-order valence-electron chi connectivity index (χ3n) is 4.75. The van der Waals surface area contributed by atoms with Gasteiger partial charge in [-0.2, -0.15) is 0 Å². The Morgan fingerprint density at radius 2 is 1.86 bits per heavy atom. The second kappa shape index (κ2) is 9.60. The van der Waals surface area contributed by atoms with E-state index < -0.39 is 0 Å². The van der Waals surface area contributed by atoms with Gasteiger partial charge in [-0.1, -0.05) is 48.2 Å². The van der Waals surface area contributed by atoms with E-state index in [0.717, 1.165) is 40.0 Å². The van der Waals surface area contributed by atoms with Gasteiger partial charge in [0.2, 0.25) is 5.91 Å². The smallest absolute Gasteiger partial charge is 0.233 e. The van der Waals surface area contributed by atoms with Gasteiger partial charge in [0, 0.05) is 25.7 Å². The topological polar surface area (TPSA) is 60.2 Å². The zero-order valence-electron chi connectivity index (χ0n) is 17.3. The summed E-state index contributed by atoms with van der Waals surface area (Å²) < 4.78 is 7.23. The van der Waals surface area contributed by atoms with Gasteiger partial charge < -0.3 is 14.2 Å². The number of nitrogens with zero attached hydrogens (tertiary/aromatic N) is 4. The summed E-state index contributed by atoms with van der Waals surface area (Å²) in [4.78, 5) is 14.3. The van der Waals surface area contributed by atoms with Crippen LogP contribution in [0.5, 0.6) is 5.75 Å². The summed E-state index contributed by atoms with van der Waals surface area (Å²) in [5, 5.41) is 9.47. The Kier molecular flexibility index (Phi) is 6.93. The number of aryl methyl sites for hydroxylation is 1. The van der Waals surface area contributed by atoms with Crippen molar-refractivity contribution in [3.63, 3.8) is 0 Å². The quantitative estimate of drug-likeness (QED) is 0.525. The molecule has 0 bridgehead atoms. The zero-order chi connectivity index (χ0) is 20.8. The second-order valence-electron chi connectivity index (χ2n) is 6.75. The zero-order valence-corrected chi connectivity index (χ0v) is 18.1. The molecule has 0 saturated carbocycles. The van der Waals surface area contributed by atoms with Crippen molar-refractivity contribution in [2.45, 2.75) is 32.1 Å². The number of carbonyl (C=O) groups excluding carboxylic acids is 1. The number of rotatable bonds is 8. The molecule has 0 atom stereocenters. The summed E-state index contributed by atoms with van der Waals surface area (Å²) >= 11 is 1.42. The number of carbonyl (C=O) groups is 1. The highest BCUT2D eigenvalue weighted by molar-refractivity contribution is 7.99. The molecule has 0 fully saturated rings. The third-order valence-corrected chi connectivity index (χ3v) is 5.70. The van der Waals surface area contributed by atoms with Crippen LogP contribution >= 0.6 is 11.8 Å². The Labute approximate surface area is 175 Å². The fraction of sp³-hybridized carbons (Fsp3) is 0.318. The highest BCUT2D eigenvalue weighted by atomic mass is 32.2. The Bertz CT molecular complexity index is 969. The normalized spacial score (nSPS) is 10.8. The van der Waals surface area contributed by atoms with Gasteiger partial charge in [-0.3, -0.25) is 4.79 Å². The molecule has 0 aliphatic rings. The summed E-state index contributed by atoms with van der Waals surface area (Å²) in [6.07, 6.45) is 0. The Balaban J connectivity index is 1.64. The maximum Gasteiger partial charge on any atom is 0.233 e. The molecule has 0 saturated heterocycles. The first-order valence-corrected chi connectivity index (χ1v) is 10.5. The summed E-state index contributed by atoms with van der Waals surface area (Å²) in [6, 6.07) is 15.9. The van der Waals surface area contributed by atoms with Gasteiger partial charge in [0.05, 0.1) is 12.9 Å². The van der Waals surface area contributed by atoms with E-state index in [0.29, 0.717) is 12.3 Å². The van der Waals surface area contributed by atoms with Gasteiger partial charge in [0.15, 0.2) is 11.0 Å². The fourth-order valence-corrected chi connectivity index (χ4v) is 3.98. The van der Waals surface area contributed by atoms with Crippen molar-refractivity contribution in [3.8, 4) is 17.1 Å². The predicted octanol–water partition coefficient (Wildman–Crippen LogP) is 4.03. The van der Waals surface area contributed by atoms with Gasteiger partial charge in [-0.25, -0.2) is 0 Å². The van der Waals surface area contributed by atoms with Gasteiger partial charge in [0.25, 0.3) is 0 Å². The van der Waals surface area contributed by atoms with E-state index >= 15 is 0 Å². The van der Waals surface area contributed by atoms with Crippen molar-refractivity contribution < 1.29 is 9.53 Å². The van der Waals surface area contributed by atoms with E-state index in [2.05, 4.69) is 34.7 Å². The van der Waals surface area contributed by atoms with Crippen LogP contribution in [0.2, 0.25) is 0 Å². The molecular formula is C22H26N4O2S. The Morgan fingerprint density at radius 1 is 1.14 bits per heavy atom. The third kappa shape index (κ3) is 4.98. The minimum Gasteiger partial charge on any atom is -0.497 e. The van der Waals surface area contributed by atoms with Crippen LogP contribution < -0.4 is 4.74 Å². The molecule has 1 amide bonds. The SMILES string of the molecule is CCn1c(SCC(=O)N(C)Cc2ccc(OC)cc2)nnc1-c1ccccc1C. The number of amides is 1. The summed E-state index contributed by atoms with van der Waals surface area (Å²) in [5.74, 6) is 2.01. The second-order valence-corrected chi connectivity index (χ2v) is 7.69. The lowest BCUT2D eigenvalue weighted by Crippen LogP contribution is -2.27. The largest absolute Gasteiger partial charge is 0.497 e. The molecule has 152 valence electrons. The number of benzene rings is 2. The molecule has 7 heteroatoms. The molecule has 0 spiro atoms. The molecule has 0 aliphatic heterocycles. The van der Waals surface area contributed by atoms with E-state index in [4.69, 9.17) is 4.74 Å². The molecule has 29 heavy (non-hydrogen) atoms. The van der Waals surface area contributed by atoms with Crippen molar-refractivity contribution in [1.82, 2.24) is 19.7 Å². The molecule has 0 unspecified atom stereocenters. The first-order valence-electron chi connectivity index (χ1n) is 9.52. The van der Waals surface area contributed by atoms with Gasteiger partial charge in [-0.05, 0) is 37.1 Å². The number of methoxy groups -OCH3 is 1. The van der Waals surface area contributed by atoms with Crippen molar-refractivity contribution in [2.24, 2.45) is 0 Å². The van der Waals surface area contributed by atoms with Crippen LogP contribution in [0.3, 0.4) is 0 Å². The van der Waals surface area contributed by atoms with Crippen molar-refractivity contribution in [3.05, 3.63) is 59.7 Å². The monoisotopic (exact) mass is 410 g/mol. The van der Waals surface area contributed by atoms with Gasteiger partial charge in [-0.15, -0.1) is 10.2 Å². The lowest BCUT2D eigenvalue weighted by atomic mass is 10.1. The van der Waals surface area contributed by atoms with E-state index in [1.807, 2.05) is 49.5 Å². The van der Waals surface area contributed by atoms with Crippen LogP contribution in [0.1, 0.15) is 18.1 Å². The molecule has 3 aromatic rings. The fourth-order valence-electron chi connectivity index (χ4n) is 3.03. The highest BCUT2D eigenvalue weighted by Crippen LogP contribution is 2.26. The van der Waals surface area contributed by atoms with Crippen LogP contribution in [0.15, 0.2) is 53.7 Å². The number of ether oxygens (including phenoxy) is 1. The lowest BCUT2D eigenvalue weighted by Gasteiger charge is -2.17. The maximum absolute atomic E-state index is 12.6. The Hall–Kier alpha value is -2.80. The highest BCUT2D eigenvalue weighted by Gasteiger charge is 2.17. The molecule has 0 radical (unpaired) electrons. The minimum atomic E-state index is 0.0499. The Morgan fingerprint density at radius 3 is 2.52 bits per heavy atom. The van der Waals surface area contributed by atoms with Crippen LogP contribution in [0, 0.1) is 6.92 Å². The summed E-state index contributed by atoms with van der Waals surface area (Å²) in [7, 11) is 3.46. The molecule has 2 aromatic carbocycles. The maximum atomic E-state index is 12.6. The molecule has 0 aliphatic carbocycles. The average Bonchev–Trinajstić information content (AvgIpc) is 3.15. The predicted molar refractivity (Wildman–Crippen MR) is 116 cm³/mol. The van der Waals surface area contributed by atoms with Crippen LogP contribution in [0.4, 0.5) is 0 Å². The molecule has 6 nitrogen and oxygen atoms in total. The first-order chi connectivity index (χ1) is 14.0. The number of aromatic nitrogens is 3. The summed E-state index contributed by atoms with van der Waals surface area (Å²) in [5.41, 5.74) is 3.28. The van der Waals surface area contributed by atoms with Gasteiger partial charge >= 0.3 is 0 Å². The molecule has 0 N–H and O–H groups in total. The average molecular weight is 411 g/mol. The van der Waals surface area contributed by atoms with Crippen LogP contribution in [-0.2, 0) is 17.9 Å². The number of hydrogen-bond donors (Lipinski definition) is 0. The number of hydrogen-bond acceptors (Lipinski definition) is 5. The van der Waals surface area contributed by atoms with Crippen LogP contribution in [-0.4, -0.2) is 45.5 Å². The molecular weight excluding hydrogens is 384 g/mol. The van der Waals surface area contributed by atoms with E-state index in [1.165, 1.54) is 11.8 Å². The van der Waals surface area contributed by atoms with Crippen molar-refractivity contribution in [2.75, 3.05) is 19.9 Å². The van der Waals surface area contributed by atoms with Crippen LogP contribution in [0.25, 0.3) is 11.4 Å². The van der Waals surface area contributed by atoms with E-state index in [9.17, 15) is 4.79 Å². The standard InChI is InChI=1S/C22H26N4O2S/c1-5-26-21(19-9-7-6-8-16(19)2)23-24-22(26)29-15-20(27)25(3)14-17-10-12-18(28-4)13-11-17/h6-13H,5,14-15H2,1-4H3. The van der Waals surface area contributed by atoms with Gasteiger partial charge in [0.1, 0.15) is 5.75 Å². The first kappa shape index (κ1) is 20.9. The van der Waals surface area contributed by atoms with E-state index in [-0.39, 0.29) is 5.91 Å².